The Morgan fingerprint density at radius 2 is 0.700 bits per heavy atom. The lowest BCUT2D eigenvalue weighted by Crippen LogP contribution is -2.34. The van der Waals surface area contributed by atoms with Crippen LogP contribution in [0.4, 0.5) is 0 Å². The zero-order valence-electron chi connectivity index (χ0n) is 19.1. The molecule has 0 aliphatic carbocycles. The van der Waals surface area contributed by atoms with Crippen LogP contribution >= 0.6 is 31.9 Å². The molecule has 0 radical (unpaired) electrons. The molecule has 2 N–H and O–H groups in total. The summed E-state index contributed by atoms with van der Waals surface area (Å²) in [6, 6.07) is 0. The molecule has 0 heterocycles. The molecule has 0 saturated heterocycles. The highest BCUT2D eigenvalue weighted by Gasteiger charge is 2.03. The lowest BCUT2D eigenvalue weighted by Gasteiger charge is -2.07. The summed E-state index contributed by atoms with van der Waals surface area (Å²) in [5, 5.41) is 8.04. The van der Waals surface area contributed by atoms with Crippen LogP contribution in [0.15, 0.2) is 0 Å². The van der Waals surface area contributed by atoms with Crippen LogP contribution in [0, 0.1) is 0 Å². The number of amides is 2. The highest BCUT2D eigenvalue weighted by molar-refractivity contribution is 9.09. The van der Waals surface area contributed by atoms with E-state index < -0.39 is 0 Å². The zero-order valence-corrected chi connectivity index (χ0v) is 22.3. The van der Waals surface area contributed by atoms with Crippen molar-refractivity contribution in [2.45, 2.75) is 116 Å². The van der Waals surface area contributed by atoms with E-state index in [-0.39, 0.29) is 11.8 Å². The van der Waals surface area contributed by atoms with Crippen molar-refractivity contribution in [2.24, 2.45) is 0 Å². The van der Waals surface area contributed by atoms with E-state index in [9.17, 15) is 9.59 Å². The van der Waals surface area contributed by atoms with Crippen LogP contribution in [0.3, 0.4) is 0 Å². The molecule has 0 aliphatic rings. The third-order valence-corrected chi connectivity index (χ3v) is 6.47. The van der Waals surface area contributed by atoms with Gasteiger partial charge in [0.1, 0.15) is 0 Å². The number of alkyl halides is 2. The molecule has 0 spiro atoms. The molecular formula is C24H46Br2N2O2. The Bertz CT molecular complexity index is 359. The zero-order chi connectivity index (χ0) is 22.1. The first kappa shape index (κ1) is 29.9. The van der Waals surface area contributed by atoms with Crippen LogP contribution in [0.2, 0.25) is 0 Å². The van der Waals surface area contributed by atoms with Crippen molar-refractivity contribution in [3.63, 3.8) is 0 Å². The second-order valence-electron chi connectivity index (χ2n) is 8.23. The molecule has 30 heavy (non-hydrogen) atoms. The summed E-state index contributed by atoms with van der Waals surface area (Å²) in [5.41, 5.74) is 0. The fourth-order valence-corrected chi connectivity index (χ4v) is 4.26. The average Bonchev–Trinajstić information content (AvgIpc) is 2.74. The molecule has 0 rings (SSSR count). The second kappa shape index (κ2) is 25.2. The van der Waals surface area contributed by atoms with E-state index in [1.165, 1.54) is 77.0 Å². The van der Waals surface area contributed by atoms with E-state index in [1.807, 2.05) is 0 Å². The normalized spacial score (nSPS) is 10.9. The molecule has 0 aromatic heterocycles. The predicted molar refractivity (Wildman–Crippen MR) is 137 cm³/mol. The van der Waals surface area contributed by atoms with Gasteiger partial charge in [-0.05, 0) is 25.7 Å². The maximum atomic E-state index is 11.8. The molecule has 4 nitrogen and oxygen atoms in total. The maximum Gasteiger partial charge on any atom is 0.220 e. The minimum Gasteiger partial charge on any atom is -0.354 e. The predicted octanol–water partition coefficient (Wildman–Crippen LogP) is 7.03. The van der Waals surface area contributed by atoms with E-state index in [0.717, 1.165) is 36.3 Å². The minimum absolute atomic E-state index is 0.109. The Morgan fingerprint density at radius 1 is 0.433 bits per heavy atom. The SMILES string of the molecule is O=C(CCCCCCCCCCBr)NCCNC(=O)CCCCCCCCCCBr. The Labute approximate surface area is 202 Å². The monoisotopic (exact) mass is 552 g/mol. The number of halogens is 2. The van der Waals surface area contributed by atoms with Crippen molar-refractivity contribution in [3.05, 3.63) is 0 Å². The molecule has 6 heteroatoms. The molecule has 0 saturated carbocycles. The van der Waals surface area contributed by atoms with E-state index in [0.29, 0.717) is 25.9 Å². The van der Waals surface area contributed by atoms with Crippen molar-refractivity contribution >= 4 is 43.7 Å². The van der Waals surface area contributed by atoms with Gasteiger partial charge in [0.25, 0.3) is 0 Å². The summed E-state index contributed by atoms with van der Waals surface area (Å²) in [6.45, 7) is 1.07. The molecule has 0 fully saturated rings. The van der Waals surface area contributed by atoms with Crippen LogP contribution < -0.4 is 10.6 Å². The summed E-state index contributed by atoms with van der Waals surface area (Å²) in [7, 11) is 0. The van der Waals surface area contributed by atoms with Crippen LogP contribution in [-0.2, 0) is 9.59 Å². The summed E-state index contributed by atoms with van der Waals surface area (Å²) in [6.07, 6.45) is 20.9. The van der Waals surface area contributed by atoms with Crippen molar-refractivity contribution < 1.29 is 9.59 Å². The van der Waals surface area contributed by atoms with Crippen LogP contribution in [0.25, 0.3) is 0 Å². The first-order valence-electron chi connectivity index (χ1n) is 12.4. The number of carbonyl (C=O) groups excluding carboxylic acids is 2. The number of carbonyl (C=O) groups is 2. The summed E-state index contributed by atoms with van der Waals surface area (Å²) in [5.74, 6) is 0.218. The van der Waals surface area contributed by atoms with E-state index in [2.05, 4.69) is 42.5 Å². The Hall–Kier alpha value is -0.100. The first-order valence-corrected chi connectivity index (χ1v) is 14.6. The lowest BCUT2D eigenvalue weighted by molar-refractivity contribution is -0.123. The van der Waals surface area contributed by atoms with Crippen molar-refractivity contribution in [1.29, 1.82) is 0 Å². The Kier molecular flexibility index (Phi) is 25.1. The quantitative estimate of drug-likeness (QED) is 0.105. The van der Waals surface area contributed by atoms with Gasteiger partial charge in [0.15, 0.2) is 0 Å². The molecule has 0 aromatic carbocycles. The minimum atomic E-state index is 0.109. The summed E-state index contributed by atoms with van der Waals surface area (Å²) >= 11 is 6.92. The topological polar surface area (TPSA) is 58.2 Å². The molecule has 0 aromatic rings. The smallest absolute Gasteiger partial charge is 0.220 e. The number of rotatable bonds is 23. The number of hydrogen-bond donors (Lipinski definition) is 2. The van der Waals surface area contributed by atoms with Gasteiger partial charge in [-0.25, -0.2) is 0 Å². The van der Waals surface area contributed by atoms with Crippen molar-refractivity contribution in [3.8, 4) is 0 Å². The van der Waals surface area contributed by atoms with Gasteiger partial charge >= 0.3 is 0 Å². The standard InChI is InChI=1S/C24H46Br2N2O2/c25-19-15-11-7-3-1-5-9-13-17-23(29)27-21-22-28-24(30)18-14-10-6-2-4-8-12-16-20-26/h1-22H2,(H,27,29)(H,28,30). The van der Waals surface area contributed by atoms with Crippen LogP contribution in [0.5, 0.6) is 0 Å². The van der Waals surface area contributed by atoms with E-state index in [4.69, 9.17) is 0 Å². The third-order valence-electron chi connectivity index (χ3n) is 5.34. The van der Waals surface area contributed by atoms with Gasteiger partial charge in [0.05, 0.1) is 0 Å². The largest absolute Gasteiger partial charge is 0.354 e. The fourth-order valence-electron chi connectivity index (χ4n) is 3.46. The van der Waals surface area contributed by atoms with E-state index >= 15 is 0 Å². The number of nitrogens with one attached hydrogen (secondary N) is 2. The Balaban J connectivity index is 3.29. The Morgan fingerprint density at radius 3 is 1.00 bits per heavy atom. The third kappa shape index (κ3) is 24.2. The van der Waals surface area contributed by atoms with Gasteiger partial charge in [-0.3, -0.25) is 9.59 Å². The molecule has 0 atom stereocenters. The summed E-state index contributed by atoms with van der Waals surface area (Å²) in [4.78, 5) is 23.6. The molecule has 0 aliphatic heterocycles. The number of hydrogen-bond acceptors (Lipinski definition) is 2. The first-order chi connectivity index (χ1) is 14.7. The van der Waals surface area contributed by atoms with Gasteiger partial charge in [-0.15, -0.1) is 0 Å². The van der Waals surface area contributed by atoms with Gasteiger partial charge in [-0.1, -0.05) is 109 Å². The van der Waals surface area contributed by atoms with Gasteiger partial charge in [0, 0.05) is 36.6 Å². The molecule has 0 unspecified atom stereocenters. The molecule has 0 bridgehead atoms. The summed E-state index contributed by atoms with van der Waals surface area (Å²) < 4.78 is 0. The number of unbranched alkanes of at least 4 members (excludes halogenated alkanes) is 14. The lowest BCUT2D eigenvalue weighted by atomic mass is 10.1. The van der Waals surface area contributed by atoms with Gasteiger partial charge in [-0.2, -0.15) is 0 Å². The van der Waals surface area contributed by atoms with Crippen molar-refractivity contribution in [1.82, 2.24) is 10.6 Å². The highest BCUT2D eigenvalue weighted by atomic mass is 79.9. The van der Waals surface area contributed by atoms with Crippen LogP contribution in [0.1, 0.15) is 116 Å². The molecular weight excluding hydrogens is 508 g/mol. The highest BCUT2D eigenvalue weighted by Crippen LogP contribution is 2.11. The fraction of sp³-hybridized carbons (Fsp3) is 0.917. The van der Waals surface area contributed by atoms with Gasteiger partial charge < -0.3 is 10.6 Å². The van der Waals surface area contributed by atoms with Crippen LogP contribution in [-0.4, -0.2) is 35.6 Å². The molecule has 2 amide bonds. The second-order valence-corrected chi connectivity index (χ2v) is 9.82. The van der Waals surface area contributed by atoms with Crippen molar-refractivity contribution in [2.75, 3.05) is 23.7 Å². The maximum absolute atomic E-state index is 11.8. The van der Waals surface area contributed by atoms with Gasteiger partial charge in [0.2, 0.25) is 11.8 Å². The van der Waals surface area contributed by atoms with E-state index in [1.54, 1.807) is 0 Å². The average molecular weight is 554 g/mol. The molecule has 178 valence electrons.